The summed E-state index contributed by atoms with van der Waals surface area (Å²) in [6, 6.07) is 6.12. The number of aldehydes is 1. The van der Waals surface area contributed by atoms with Crippen molar-refractivity contribution in [3.05, 3.63) is 35.1 Å². The van der Waals surface area contributed by atoms with Crippen LogP contribution in [0.3, 0.4) is 0 Å². The molecule has 0 aliphatic rings. The van der Waals surface area contributed by atoms with Crippen molar-refractivity contribution >= 4 is 17.3 Å². The second-order valence-electron chi connectivity index (χ2n) is 3.82. The van der Waals surface area contributed by atoms with E-state index in [1.165, 1.54) is 11.1 Å². The summed E-state index contributed by atoms with van der Waals surface area (Å²) in [7, 11) is 0. The normalized spacial score (nSPS) is 10.8. The summed E-state index contributed by atoms with van der Waals surface area (Å²) in [5.41, 5.74) is 3.32. The maximum absolute atomic E-state index is 10.3. The van der Waals surface area contributed by atoms with Crippen molar-refractivity contribution < 1.29 is 9.21 Å². The highest BCUT2D eigenvalue weighted by Crippen LogP contribution is 2.25. The minimum Gasteiger partial charge on any atom is -0.461 e. The van der Waals surface area contributed by atoms with E-state index in [-0.39, 0.29) is 0 Å². The van der Waals surface area contributed by atoms with Crippen LogP contribution < -0.4 is 0 Å². The number of aryl methyl sites for hydroxylation is 3. The third-order valence-electron chi connectivity index (χ3n) is 2.79. The molecule has 1 heterocycles. The molecule has 0 aliphatic heterocycles. The average molecular weight is 202 g/mol. The molecule has 2 aromatic rings. The lowest BCUT2D eigenvalue weighted by Crippen LogP contribution is -1.85. The molecule has 0 amide bonds. The van der Waals surface area contributed by atoms with E-state index in [2.05, 4.69) is 13.0 Å². The fraction of sp³-hybridized carbons (Fsp3) is 0.308. The standard InChI is InChI=1S/C13H14O2/c1-9-10(2)15-13-6-5-11(4-3-7-14)8-12(9)13/h5-8H,3-4H2,1-2H3. The molecule has 0 radical (unpaired) electrons. The largest absolute Gasteiger partial charge is 0.461 e. The molecule has 0 spiro atoms. The van der Waals surface area contributed by atoms with Crippen LogP contribution in [0.25, 0.3) is 11.0 Å². The number of furan rings is 1. The molecule has 1 aromatic heterocycles. The first-order chi connectivity index (χ1) is 7.22. The Balaban J connectivity index is 2.45. The predicted molar refractivity (Wildman–Crippen MR) is 60.1 cm³/mol. The Morgan fingerprint density at radius 1 is 1.33 bits per heavy atom. The average Bonchev–Trinajstić information content (AvgIpc) is 2.52. The van der Waals surface area contributed by atoms with E-state index in [1.807, 2.05) is 19.1 Å². The van der Waals surface area contributed by atoms with Crippen molar-refractivity contribution in [1.29, 1.82) is 0 Å². The van der Waals surface area contributed by atoms with Gasteiger partial charge in [0.1, 0.15) is 17.6 Å². The lowest BCUT2D eigenvalue weighted by molar-refractivity contribution is -0.107. The Hall–Kier alpha value is -1.57. The van der Waals surface area contributed by atoms with Crippen LogP contribution in [-0.2, 0) is 11.2 Å². The molecule has 0 unspecified atom stereocenters. The summed E-state index contributed by atoms with van der Waals surface area (Å²) in [6.45, 7) is 4.03. The Bertz CT molecular complexity index is 494. The van der Waals surface area contributed by atoms with Crippen LogP contribution in [0.15, 0.2) is 22.6 Å². The van der Waals surface area contributed by atoms with Gasteiger partial charge in [0.25, 0.3) is 0 Å². The quantitative estimate of drug-likeness (QED) is 0.715. The highest BCUT2D eigenvalue weighted by Gasteiger charge is 2.06. The molecule has 0 fully saturated rings. The van der Waals surface area contributed by atoms with Gasteiger partial charge < -0.3 is 9.21 Å². The van der Waals surface area contributed by atoms with Crippen molar-refractivity contribution in [1.82, 2.24) is 0 Å². The highest BCUT2D eigenvalue weighted by molar-refractivity contribution is 5.82. The van der Waals surface area contributed by atoms with E-state index in [0.717, 1.165) is 29.4 Å². The molecule has 1 aromatic carbocycles. The van der Waals surface area contributed by atoms with E-state index in [0.29, 0.717) is 6.42 Å². The number of hydrogen-bond acceptors (Lipinski definition) is 2. The fourth-order valence-corrected chi connectivity index (χ4v) is 1.77. The first-order valence-corrected chi connectivity index (χ1v) is 5.14. The molecule has 0 saturated carbocycles. The number of carbonyl (C=O) groups excluding carboxylic acids is 1. The number of hydrogen-bond donors (Lipinski definition) is 0. The van der Waals surface area contributed by atoms with Gasteiger partial charge in [-0.25, -0.2) is 0 Å². The van der Waals surface area contributed by atoms with Crippen LogP contribution in [-0.4, -0.2) is 6.29 Å². The molecule has 0 atom stereocenters. The van der Waals surface area contributed by atoms with Crippen LogP contribution in [0.4, 0.5) is 0 Å². The third-order valence-corrected chi connectivity index (χ3v) is 2.79. The summed E-state index contributed by atoms with van der Waals surface area (Å²) >= 11 is 0. The van der Waals surface area contributed by atoms with Gasteiger partial charge >= 0.3 is 0 Å². The minimum atomic E-state index is 0.585. The predicted octanol–water partition coefficient (Wildman–Crippen LogP) is 3.18. The van der Waals surface area contributed by atoms with Crippen LogP contribution in [0.5, 0.6) is 0 Å². The van der Waals surface area contributed by atoms with Crippen LogP contribution in [0.2, 0.25) is 0 Å². The molecule has 2 heteroatoms. The maximum atomic E-state index is 10.3. The molecular weight excluding hydrogens is 188 g/mol. The Labute approximate surface area is 88.9 Å². The van der Waals surface area contributed by atoms with Gasteiger partial charge in [0.2, 0.25) is 0 Å². The number of carbonyl (C=O) groups is 1. The van der Waals surface area contributed by atoms with Gasteiger partial charge in [-0.1, -0.05) is 6.07 Å². The zero-order valence-corrected chi connectivity index (χ0v) is 9.04. The summed E-state index contributed by atoms with van der Waals surface area (Å²) < 4.78 is 5.59. The van der Waals surface area contributed by atoms with Crippen molar-refractivity contribution in [3.8, 4) is 0 Å². The van der Waals surface area contributed by atoms with E-state index < -0.39 is 0 Å². The second-order valence-corrected chi connectivity index (χ2v) is 3.82. The minimum absolute atomic E-state index is 0.585. The van der Waals surface area contributed by atoms with Crippen molar-refractivity contribution in [2.75, 3.05) is 0 Å². The zero-order chi connectivity index (χ0) is 10.8. The van der Waals surface area contributed by atoms with Crippen LogP contribution in [0, 0.1) is 13.8 Å². The Morgan fingerprint density at radius 3 is 2.87 bits per heavy atom. The Morgan fingerprint density at radius 2 is 2.13 bits per heavy atom. The van der Waals surface area contributed by atoms with Gasteiger partial charge in [0, 0.05) is 11.8 Å². The lowest BCUT2D eigenvalue weighted by Gasteiger charge is -1.97. The summed E-state index contributed by atoms with van der Waals surface area (Å²) in [5, 5.41) is 1.16. The van der Waals surface area contributed by atoms with Crippen LogP contribution in [0.1, 0.15) is 23.3 Å². The molecule has 0 saturated heterocycles. The van der Waals surface area contributed by atoms with Gasteiger partial charge in [-0.3, -0.25) is 0 Å². The van der Waals surface area contributed by atoms with E-state index in [9.17, 15) is 4.79 Å². The highest BCUT2D eigenvalue weighted by atomic mass is 16.3. The van der Waals surface area contributed by atoms with Crippen molar-refractivity contribution in [2.24, 2.45) is 0 Å². The second kappa shape index (κ2) is 3.89. The fourth-order valence-electron chi connectivity index (χ4n) is 1.77. The smallest absolute Gasteiger partial charge is 0.134 e. The van der Waals surface area contributed by atoms with E-state index in [1.54, 1.807) is 0 Å². The molecule has 0 bridgehead atoms. The number of fused-ring (bicyclic) bond motifs is 1. The molecule has 2 nitrogen and oxygen atoms in total. The first-order valence-electron chi connectivity index (χ1n) is 5.14. The molecule has 2 rings (SSSR count). The summed E-state index contributed by atoms with van der Waals surface area (Å²) in [6.07, 6.45) is 2.35. The van der Waals surface area contributed by atoms with Gasteiger partial charge in [0.05, 0.1) is 0 Å². The van der Waals surface area contributed by atoms with Crippen molar-refractivity contribution in [3.63, 3.8) is 0 Å². The van der Waals surface area contributed by atoms with E-state index >= 15 is 0 Å². The topological polar surface area (TPSA) is 30.2 Å². The van der Waals surface area contributed by atoms with Gasteiger partial charge in [0.15, 0.2) is 0 Å². The molecule has 0 aliphatic carbocycles. The summed E-state index contributed by atoms with van der Waals surface area (Å²) in [4.78, 5) is 10.3. The molecule has 0 N–H and O–H groups in total. The number of rotatable bonds is 3. The van der Waals surface area contributed by atoms with Crippen LogP contribution >= 0.6 is 0 Å². The van der Waals surface area contributed by atoms with Gasteiger partial charge in [-0.05, 0) is 43.5 Å². The molecular formula is C13H14O2. The Kier molecular flexibility index (Phi) is 2.58. The van der Waals surface area contributed by atoms with Gasteiger partial charge in [-0.15, -0.1) is 0 Å². The maximum Gasteiger partial charge on any atom is 0.134 e. The zero-order valence-electron chi connectivity index (χ0n) is 9.04. The third kappa shape index (κ3) is 1.80. The van der Waals surface area contributed by atoms with Crippen molar-refractivity contribution in [2.45, 2.75) is 26.7 Å². The number of benzene rings is 1. The van der Waals surface area contributed by atoms with Gasteiger partial charge in [-0.2, -0.15) is 0 Å². The molecule has 78 valence electrons. The van der Waals surface area contributed by atoms with E-state index in [4.69, 9.17) is 4.42 Å². The summed E-state index contributed by atoms with van der Waals surface area (Å²) in [5.74, 6) is 0.970. The lowest BCUT2D eigenvalue weighted by atomic mass is 10.1. The molecule has 15 heavy (non-hydrogen) atoms. The first kappa shape index (κ1) is 9.97. The SMILES string of the molecule is Cc1oc2ccc(CCC=O)cc2c1C. The monoisotopic (exact) mass is 202 g/mol.